The highest BCUT2D eigenvalue weighted by atomic mass is 35.5. The van der Waals surface area contributed by atoms with E-state index in [-0.39, 0.29) is 18.3 Å². The number of sulfonamides is 1. The molecule has 0 radical (unpaired) electrons. The quantitative estimate of drug-likeness (QED) is 0.759. The van der Waals surface area contributed by atoms with Crippen LogP contribution in [0.3, 0.4) is 0 Å². The van der Waals surface area contributed by atoms with Crippen molar-refractivity contribution in [3.63, 3.8) is 0 Å². The molecule has 1 atom stereocenters. The lowest BCUT2D eigenvalue weighted by Gasteiger charge is -2.35. The van der Waals surface area contributed by atoms with E-state index in [0.29, 0.717) is 36.9 Å². The Morgan fingerprint density at radius 2 is 1.89 bits per heavy atom. The van der Waals surface area contributed by atoms with Crippen LogP contribution in [0.1, 0.15) is 17.2 Å². The van der Waals surface area contributed by atoms with Crippen molar-refractivity contribution in [2.75, 3.05) is 32.8 Å². The van der Waals surface area contributed by atoms with Gasteiger partial charge in [0.1, 0.15) is 5.82 Å². The molecular formula is C19H22ClFN2O3S. The molecule has 5 nitrogen and oxygen atoms in total. The van der Waals surface area contributed by atoms with Crippen molar-refractivity contribution < 1.29 is 17.5 Å². The zero-order valence-corrected chi connectivity index (χ0v) is 16.3. The maximum Gasteiger partial charge on any atom is 0.215 e. The fourth-order valence-corrected chi connectivity index (χ4v) is 4.49. The fraction of sp³-hybridized carbons (Fsp3) is 0.368. The van der Waals surface area contributed by atoms with Gasteiger partial charge in [-0.15, -0.1) is 0 Å². The highest BCUT2D eigenvalue weighted by Gasteiger charge is 2.24. The van der Waals surface area contributed by atoms with E-state index >= 15 is 0 Å². The van der Waals surface area contributed by atoms with Gasteiger partial charge in [0.25, 0.3) is 0 Å². The van der Waals surface area contributed by atoms with E-state index in [4.69, 9.17) is 16.3 Å². The number of hydrogen-bond acceptors (Lipinski definition) is 4. The number of hydrogen-bond donors (Lipinski definition) is 1. The molecule has 1 aliphatic heterocycles. The molecule has 0 aromatic heterocycles. The number of ether oxygens (including phenoxy) is 1. The standard InChI is InChI=1S/C19H22ClFN2O3S/c20-17-5-2-4-16(12-17)19(23-7-9-26-10-8-23)13-22-27(24,25)14-15-3-1-6-18(21)11-15/h1-6,11-12,19,22H,7-10,13-14H2. The minimum absolute atomic E-state index is 0.158. The van der Waals surface area contributed by atoms with Gasteiger partial charge in [-0.3, -0.25) is 4.90 Å². The van der Waals surface area contributed by atoms with Gasteiger partial charge >= 0.3 is 0 Å². The number of nitrogens with zero attached hydrogens (tertiary/aromatic N) is 1. The van der Waals surface area contributed by atoms with Crippen LogP contribution >= 0.6 is 11.6 Å². The predicted octanol–water partition coefficient (Wildman–Crippen LogP) is 2.97. The van der Waals surface area contributed by atoms with Crippen LogP contribution in [-0.2, 0) is 20.5 Å². The largest absolute Gasteiger partial charge is 0.379 e. The Balaban J connectivity index is 1.73. The Morgan fingerprint density at radius 3 is 2.59 bits per heavy atom. The summed E-state index contributed by atoms with van der Waals surface area (Å²) in [6.45, 7) is 2.84. The molecule has 3 rings (SSSR count). The van der Waals surface area contributed by atoms with Crippen LogP contribution < -0.4 is 4.72 Å². The van der Waals surface area contributed by atoms with E-state index < -0.39 is 15.8 Å². The summed E-state index contributed by atoms with van der Waals surface area (Å²) in [5.41, 5.74) is 1.35. The fourth-order valence-electron chi connectivity index (χ4n) is 3.16. The van der Waals surface area contributed by atoms with Crippen molar-refractivity contribution in [3.8, 4) is 0 Å². The molecule has 2 aromatic rings. The molecule has 1 heterocycles. The van der Waals surface area contributed by atoms with Crippen LogP contribution in [0.4, 0.5) is 4.39 Å². The first kappa shape index (κ1) is 20.2. The third-order valence-corrected chi connectivity index (χ3v) is 6.02. The van der Waals surface area contributed by atoms with E-state index in [1.165, 1.54) is 18.2 Å². The first-order chi connectivity index (χ1) is 12.9. The van der Waals surface area contributed by atoms with Crippen LogP contribution in [-0.4, -0.2) is 46.2 Å². The molecule has 2 aromatic carbocycles. The molecule has 1 unspecified atom stereocenters. The molecule has 0 saturated carbocycles. The SMILES string of the molecule is O=S(=O)(Cc1cccc(F)c1)NCC(c1cccc(Cl)c1)N1CCOCC1. The third kappa shape index (κ3) is 5.99. The number of nitrogens with one attached hydrogen (secondary N) is 1. The lowest BCUT2D eigenvalue weighted by Crippen LogP contribution is -2.44. The number of benzene rings is 2. The normalized spacial score (nSPS) is 17.0. The van der Waals surface area contributed by atoms with Crippen molar-refractivity contribution in [2.45, 2.75) is 11.8 Å². The average molecular weight is 413 g/mol. The molecule has 146 valence electrons. The maximum absolute atomic E-state index is 13.3. The lowest BCUT2D eigenvalue weighted by atomic mass is 10.1. The van der Waals surface area contributed by atoms with Crippen LogP contribution in [0, 0.1) is 5.82 Å². The molecule has 0 spiro atoms. The van der Waals surface area contributed by atoms with Gasteiger partial charge < -0.3 is 4.74 Å². The molecule has 0 aliphatic carbocycles. The van der Waals surface area contributed by atoms with E-state index in [9.17, 15) is 12.8 Å². The molecular weight excluding hydrogens is 391 g/mol. The van der Waals surface area contributed by atoms with Gasteiger partial charge in [-0.05, 0) is 35.4 Å². The van der Waals surface area contributed by atoms with Crippen molar-refractivity contribution in [2.24, 2.45) is 0 Å². The van der Waals surface area contributed by atoms with Crippen molar-refractivity contribution in [1.82, 2.24) is 9.62 Å². The monoisotopic (exact) mass is 412 g/mol. The molecule has 1 fully saturated rings. The summed E-state index contributed by atoms with van der Waals surface area (Å²) in [6.07, 6.45) is 0. The Bertz CT molecular complexity index is 873. The summed E-state index contributed by atoms with van der Waals surface area (Å²) < 4.78 is 46.4. The molecule has 0 bridgehead atoms. The molecule has 27 heavy (non-hydrogen) atoms. The van der Waals surface area contributed by atoms with Gasteiger partial charge in [-0.2, -0.15) is 0 Å². The van der Waals surface area contributed by atoms with Gasteiger partial charge in [0.2, 0.25) is 10.0 Å². The smallest absolute Gasteiger partial charge is 0.215 e. The van der Waals surface area contributed by atoms with E-state index in [0.717, 1.165) is 5.56 Å². The van der Waals surface area contributed by atoms with Crippen LogP contribution in [0.15, 0.2) is 48.5 Å². The van der Waals surface area contributed by atoms with Gasteiger partial charge in [0.15, 0.2) is 0 Å². The summed E-state index contributed by atoms with van der Waals surface area (Å²) in [5.74, 6) is -0.719. The van der Waals surface area contributed by atoms with Crippen LogP contribution in [0.2, 0.25) is 5.02 Å². The summed E-state index contributed by atoms with van der Waals surface area (Å²) in [5, 5.41) is 0.605. The number of morpholine rings is 1. The second kappa shape index (κ2) is 9.12. The second-order valence-corrected chi connectivity index (χ2v) is 8.70. The Kier molecular flexibility index (Phi) is 6.83. The minimum atomic E-state index is -3.61. The summed E-state index contributed by atoms with van der Waals surface area (Å²) in [7, 11) is -3.61. The predicted molar refractivity (Wildman–Crippen MR) is 104 cm³/mol. The van der Waals surface area contributed by atoms with Gasteiger partial charge in [-0.25, -0.2) is 17.5 Å². The molecule has 8 heteroatoms. The van der Waals surface area contributed by atoms with Gasteiger partial charge in [0.05, 0.1) is 19.0 Å². The van der Waals surface area contributed by atoms with Crippen LogP contribution in [0.5, 0.6) is 0 Å². The lowest BCUT2D eigenvalue weighted by molar-refractivity contribution is 0.0172. The number of rotatable bonds is 7. The average Bonchev–Trinajstić information content (AvgIpc) is 2.62. The van der Waals surface area contributed by atoms with E-state index in [1.807, 2.05) is 18.2 Å². The van der Waals surface area contributed by atoms with Crippen LogP contribution in [0.25, 0.3) is 0 Å². The molecule has 1 aliphatic rings. The zero-order valence-electron chi connectivity index (χ0n) is 14.8. The summed E-state index contributed by atoms with van der Waals surface area (Å²) >= 11 is 6.12. The summed E-state index contributed by atoms with van der Waals surface area (Å²) in [4.78, 5) is 2.18. The van der Waals surface area contributed by atoms with E-state index in [1.54, 1.807) is 12.1 Å². The van der Waals surface area contributed by atoms with Crippen molar-refractivity contribution in [3.05, 3.63) is 70.5 Å². The Hall–Kier alpha value is -1.51. The van der Waals surface area contributed by atoms with Gasteiger partial charge in [-0.1, -0.05) is 35.9 Å². The topological polar surface area (TPSA) is 58.6 Å². The maximum atomic E-state index is 13.3. The third-order valence-electron chi connectivity index (χ3n) is 4.46. The first-order valence-electron chi connectivity index (χ1n) is 8.72. The molecule has 0 amide bonds. The highest BCUT2D eigenvalue weighted by molar-refractivity contribution is 7.88. The highest BCUT2D eigenvalue weighted by Crippen LogP contribution is 2.24. The minimum Gasteiger partial charge on any atom is -0.379 e. The zero-order chi connectivity index (χ0) is 19.3. The first-order valence-corrected chi connectivity index (χ1v) is 10.7. The molecule has 1 saturated heterocycles. The number of halogens is 2. The Labute approximate surface area is 164 Å². The van der Waals surface area contributed by atoms with Crippen molar-refractivity contribution >= 4 is 21.6 Å². The second-order valence-electron chi connectivity index (χ2n) is 6.46. The van der Waals surface area contributed by atoms with E-state index in [2.05, 4.69) is 9.62 Å². The van der Waals surface area contributed by atoms with Crippen molar-refractivity contribution in [1.29, 1.82) is 0 Å². The molecule has 1 N–H and O–H groups in total. The van der Waals surface area contributed by atoms with Gasteiger partial charge in [0, 0.05) is 30.7 Å². The summed E-state index contributed by atoms with van der Waals surface area (Å²) in [6, 6.07) is 12.9. The Morgan fingerprint density at radius 1 is 1.15 bits per heavy atom.